The largest absolute Gasteiger partial charge is 0.355 e. The van der Waals surface area contributed by atoms with Crippen molar-refractivity contribution in [1.82, 2.24) is 10.2 Å². The molecule has 0 aromatic heterocycles. The fourth-order valence-corrected chi connectivity index (χ4v) is 1.70. The fourth-order valence-electron chi connectivity index (χ4n) is 1.70. The van der Waals surface area contributed by atoms with Crippen LogP contribution in [-0.2, 0) is 4.79 Å². The zero-order valence-corrected chi connectivity index (χ0v) is 9.00. The number of hydrogen-bond donors (Lipinski definition) is 1. The Hall–Kier alpha value is -1.08. The molecule has 0 aromatic carbocycles. The molecule has 1 rings (SSSR count). The number of nitrogens with zero attached hydrogens (tertiary/aromatic N) is 2. The average molecular weight is 195 g/mol. The van der Waals surface area contributed by atoms with Crippen molar-refractivity contribution in [3.8, 4) is 6.07 Å². The lowest BCUT2D eigenvalue weighted by atomic mass is 9.97. The van der Waals surface area contributed by atoms with Gasteiger partial charge in [-0.1, -0.05) is 0 Å². The summed E-state index contributed by atoms with van der Waals surface area (Å²) in [5.74, 6) is -0.0281. The van der Waals surface area contributed by atoms with Crippen molar-refractivity contribution >= 4 is 5.91 Å². The van der Waals surface area contributed by atoms with E-state index in [2.05, 4.69) is 25.2 Å². The molecule has 1 aliphatic rings. The first kappa shape index (κ1) is 11.0. The molecule has 1 N–H and O–H groups in total. The van der Waals surface area contributed by atoms with E-state index in [1.807, 2.05) is 11.9 Å². The lowest BCUT2D eigenvalue weighted by molar-refractivity contribution is -0.126. The van der Waals surface area contributed by atoms with Crippen molar-refractivity contribution in [3.05, 3.63) is 0 Å². The Bertz CT molecular complexity index is 267. The number of nitriles is 1. The quantitative estimate of drug-likeness (QED) is 0.663. The third-order valence-electron chi connectivity index (χ3n) is 3.05. The van der Waals surface area contributed by atoms with Crippen molar-refractivity contribution in [2.45, 2.75) is 38.3 Å². The fraction of sp³-hybridized carbons (Fsp3) is 0.800. The Labute approximate surface area is 84.9 Å². The van der Waals surface area contributed by atoms with E-state index in [4.69, 9.17) is 5.26 Å². The number of likely N-dealkylation sites (N-methyl/N-ethyl adjacent to an activating group) is 1. The summed E-state index contributed by atoms with van der Waals surface area (Å²) in [7, 11) is 1.91. The van der Waals surface area contributed by atoms with Gasteiger partial charge in [-0.3, -0.25) is 9.69 Å². The lowest BCUT2D eigenvalue weighted by Crippen LogP contribution is -2.49. The van der Waals surface area contributed by atoms with E-state index in [0.717, 1.165) is 6.42 Å². The molecule has 1 unspecified atom stereocenters. The van der Waals surface area contributed by atoms with Gasteiger partial charge in [-0.05, 0) is 27.3 Å². The smallest absolute Gasteiger partial charge is 0.238 e. The number of amides is 1. The Morgan fingerprint density at radius 1 is 1.71 bits per heavy atom. The van der Waals surface area contributed by atoms with Crippen LogP contribution in [0.3, 0.4) is 0 Å². The molecular weight excluding hydrogens is 178 g/mol. The van der Waals surface area contributed by atoms with E-state index < -0.39 is 0 Å². The van der Waals surface area contributed by atoms with Crippen molar-refractivity contribution in [2.24, 2.45) is 0 Å². The van der Waals surface area contributed by atoms with Gasteiger partial charge in [0.05, 0.1) is 12.5 Å². The van der Waals surface area contributed by atoms with Crippen molar-refractivity contribution < 1.29 is 4.79 Å². The monoisotopic (exact) mass is 195 g/mol. The van der Waals surface area contributed by atoms with Gasteiger partial charge >= 0.3 is 0 Å². The molecular formula is C10H17N3O. The summed E-state index contributed by atoms with van der Waals surface area (Å²) in [5, 5.41) is 11.5. The van der Waals surface area contributed by atoms with Crippen molar-refractivity contribution in [1.29, 1.82) is 5.26 Å². The third-order valence-corrected chi connectivity index (χ3v) is 3.05. The molecule has 4 nitrogen and oxygen atoms in total. The Morgan fingerprint density at radius 3 is 2.93 bits per heavy atom. The highest BCUT2D eigenvalue weighted by atomic mass is 16.2. The normalized spacial score (nSPS) is 27.6. The number of nitrogens with one attached hydrogen (secondary N) is 1. The second-order valence-corrected chi connectivity index (χ2v) is 4.34. The highest BCUT2D eigenvalue weighted by molar-refractivity contribution is 5.82. The van der Waals surface area contributed by atoms with E-state index in [1.165, 1.54) is 0 Å². The third kappa shape index (κ3) is 2.05. The molecule has 0 aliphatic carbocycles. The molecule has 1 amide bonds. The molecule has 1 heterocycles. The summed E-state index contributed by atoms with van der Waals surface area (Å²) in [6, 6.07) is 1.75. The summed E-state index contributed by atoms with van der Waals surface area (Å²) in [6.45, 7) is 4.88. The number of carbonyl (C=O) groups excluding carboxylic acids is 1. The molecule has 0 aromatic rings. The Morgan fingerprint density at radius 2 is 2.36 bits per heavy atom. The maximum Gasteiger partial charge on any atom is 0.238 e. The van der Waals surface area contributed by atoms with Gasteiger partial charge in [0.25, 0.3) is 0 Å². The summed E-state index contributed by atoms with van der Waals surface area (Å²) in [4.78, 5) is 13.6. The molecule has 1 aliphatic heterocycles. The first-order valence-corrected chi connectivity index (χ1v) is 4.86. The molecule has 1 fully saturated rings. The van der Waals surface area contributed by atoms with Gasteiger partial charge < -0.3 is 5.32 Å². The van der Waals surface area contributed by atoms with Gasteiger partial charge in [0.2, 0.25) is 5.91 Å². The number of rotatable bonds is 1. The van der Waals surface area contributed by atoms with Crippen LogP contribution in [0.4, 0.5) is 0 Å². The van der Waals surface area contributed by atoms with E-state index in [-0.39, 0.29) is 23.9 Å². The van der Waals surface area contributed by atoms with Gasteiger partial charge in [0.15, 0.2) is 0 Å². The SMILES string of the molecule is CN1C(CC#N)C(=O)NCCC1(C)C. The molecule has 4 heteroatoms. The molecule has 78 valence electrons. The van der Waals surface area contributed by atoms with Gasteiger partial charge in [-0.15, -0.1) is 0 Å². The molecule has 1 atom stereocenters. The number of carbonyl (C=O) groups is 1. The highest BCUT2D eigenvalue weighted by Crippen LogP contribution is 2.22. The second-order valence-electron chi connectivity index (χ2n) is 4.34. The van der Waals surface area contributed by atoms with Crippen LogP contribution in [0.15, 0.2) is 0 Å². The van der Waals surface area contributed by atoms with Crippen LogP contribution in [0.5, 0.6) is 0 Å². The molecule has 0 radical (unpaired) electrons. The summed E-state index contributed by atoms with van der Waals surface area (Å²) >= 11 is 0. The van der Waals surface area contributed by atoms with Crippen LogP contribution in [-0.4, -0.2) is 36.0 Å². The zero-order valence-electron chi connectivity index (χ0n) is 9.00. The van der Waals surface area contributed by atoms with Crippen LogP contribution in [0.25, 0.3) is 0 Å². The highest BCUT2D eigenvalue weighted by Gasteiger charge is 2.35. The van der Waals surface area contributed by atoms with Crippen molar-refractivity contribution in [2.75, 3.05) is 13.6 Å². The number of hydrogen-bond acceptors (Lipinski definition) is 3. The van der Waals surface area contributed by atoms with Crippen LogP contribution >= 0.6 is 0 Å². The van der Waals surface area contributed by atoms with E-state index >= 15 is 0 Å². The van der Waals surface area contributed by atoms with Gasteiger partial charge in [-0.25, -0.2) is 0 Å². The van der Waals surface area contributed by atoms with Crippen LogP contribution in [0, 0.1) is 11.3 Å². The maximum absolute atomic E-state index is 11.6. The minimum atomic E-state index is -0.308. The molecule has 0 bridgehead atoms. The topological polar surface area (TPSA) is 56.1 Å². The first-order chi connectivity index (χ1) is 6.49. The van der Waals surface area contributed by atoms with Crippen molar-refractivity contribution in [3.63, 3.8) is 0 Å². The maximum atomic E-state index is 11.6. The van der Waals surface area contributed by atoms with Gasteiger partial charge in [0.1, 0.15) is 6.04 Å². The minimum Gasteiger partial charge on any atom is -0.355 e. The predicted octanol–water partition coefficient (Wildman–Crippen LogP) is 0.499. The van der Waals surface area contributed by atoms with E-state index in [1.54, 1.807) is 0 Å². The van der Waals surface area contributed by atoms with Crippen LogP contribution < -0.4 is 5.32 Å². The Kier molecular flexibility index (Phi) is 3.12. The molecule has 0 saturated carbocycles. The Balaban J connectivity index is 2.87. The van der Waals surface area contributed by atoms with Crippen LogP contribution in [0.2, 0.25) is 0 Å². The predicted molar refractivity (Wildman–Crippen MR) is 53.5 cm³/mol. The second kappa shape index (κ2) is 3.97. The molecule has 14 heavy (non-hydrogen) atoms. The summed E-state index contributed by atoms with van der Waals surface area (Å²) in [6.07, 6.45) is 1.17. The molecule has 0 spiro atoms. The standard InChI is InChI=1S/C10H17N3O/c1-10(2)5-7-12-9(14)8(4-6-11)13(10)3/h8H,4-5,7H2,1-3H3,(H,12,14). The van der Waals surface area contributed by atoms with Gasteiger partial charge in [0, 0.05) is 12.1 Å². The molecule has 1 saturated heterocycles. The van der Waals surface area contributed by atoms with Crippen LogP contribution in [0.1, 0.15) is 26.7 Å². The van der Waals surface area contributed by atoms with Gasteiger partial charge in [-0.2, -0.15) is 5.26 Å². The summed E-state index contributed by atoms with van der Waals surface area (Å²) < 4.78 is 0. The van der Waals surface area contributed by atoms with E-state index in [0.29, 0.717) is 6.54 Å². The first-order valence-electron chi connectivity index (χ1n) is 4.86. The van der Waals surface area contributed by atoms with E-state index in [9.17, 15) is 4.79 Å². The minimum absolute atomic E-state index is 0.0271. The lowest BCUT2D eigenvalue weighted by Gasteiger charge is -2.36. The summed E-state index contributed by atoms with van der Waals surface area (Å²) in [5.41, 5.74) is -0.0271. The average Bonchev–Trinajstić information content (AvgIpc) is 2.19. The zero-order chi connectivity index (χ0) is 10.8.